The van der Waals surface area contributed by atoms with E-state index in [9.17, 15) is 0 Å². The molecule has 0 atom stereocenters. The molecule has 0 fully saturated rings. The van der Waals surface area contributed by atoms with Crippen molar-refractivity contribution in [3.05, 3.63) is 35.4 Å². The van der Waals surface area contributed by atoms with E-state index < -0.39 is 0 Å². The second-order valence-electron chi connectivity index (χ2n) is 3.64. The van der Waals surface area contributed by atoms with Crippen LogP contribution in [0.2, 0.25) is 0 Å². The van der Waals surface area contributed by atoms with Crippen LogP contribution in [0.5, 0.6) is 0 Å². The maximum atomic E-state index is 5.86. The fraction of sp³-hybridized carbons (Fsp3) is 0.273. The topological polar surface area (TPSA) is 56.7 Å². The lowest BCUT2D eigenvalue weighted by atomic mass is 10.2. The normalized spacial score (nSPS) is 10.6. The third-order valence-electron chi connectivity index (χ3n) is 2.71. The Balaban J connectivity index is 2.65. The van der Waals surface area contributed by atoms with Crippen LogP contribution in [0.3, 0.4) is 0 Å². The molecule has 78 valence electrons. The predicted molar refractivity (Wildman–Crippen MR) is 60.0 cm³/mol. The lowest BCUT2D eigenvalue weighted by molar-refractivity contribution is 0.833. The van der Waals surface area contributed by atoms with Crippen LogP contribution < -0.4 is 5.73 Å². The van der Waals surface area contributed by atoms with E-state index >= 15 is 0 Å². The molecule has 0 aliphatic carbocycles. The molecule has 0 radical (unpaired) electrons. The Bertz CT molecular complexity index is 499. The Kier molecular flexibility index (Phi) is 2.19. The van der Waals surface area contributed by atoms with E-state index in [1.54, 1.807) is 12.4 Å². The quantitative estimate of drug-likeness (QED) is 0.766. The lowest BCUT2D eigenvalue weighted by Crippen LogP contribution is -2.03. The lowest BCUT2D eigenvalue weighted by Gasteiger charge is -2.06. The summed E-state index contributed by atoms with van der Waals surface area (Å²) in [5, 5.41) is 4.45. The van der Waals surface area contributed by atoms with Gasteiger partial charge in [0, 0.05) is 11.9 Å². The van der Waals surface area contributed by atoms with E-state index in [4.69, 9.17) is 5.73 Å². The number of aromatic nitrogens is 3. The molecule has 0 unspecified atom stereocenters. The zero-order valence-electron chi connectivity index (χ0n) is 9.15. The van der Waals surface area contributed by atoms with Gasteiger partial charge in [-0.2, -0.15) is 5.10 Å². The first-order chi connectivity index (χ1) is 7.11. The minimum Gasteiger partial charge on any atom is -0.396 e. The van der Waals surface area contributed by atoms with Gasteiger partial charge < -0.3 is 5.73 Å². The van der Waals surface area contributed by atoms with Gasteiger partial charge in [-0.3, -0.25) is 4.98 Å². The highest BCUT2D eigenvalue weighted by Crippen LogP contribution is 2.20. The molecule has 0 bridgehead atoms. The largest absolute Gasteiger partial charge is 0.396 e. The van der Waals surface area contributed by atoms with Crippen molar-refractivity contribution in [2.75, 3.05) is 5.73 Å². The van der Waals surface area contributed by atoms with Gasteiger partial charge in [0.25, 0.3) is 0 Å². The van der Waals surface area contributed by atoms with Gasteiger partial charge in [0.15, 0.2) is 0 Å². The number of nitrogens with two attached hydrogens (primary N) is 1. The van der Waals surface area contributed by atoms with Crippen LogP contribution in [-0.4, -0.2) is 14.8 Å². The summed E-state index contributed by atoms with van der Waals surface area (Å²) < 4.78 is 1.86. The summed E-state index contributed by atoms with van der Waals surface area (Å²) in [6.45, 7) is 6.09. The molecule has 2 aromatic rings. The van der Waals surface area contributed by atoms with Crippen LogP contribution in [0, 0.1) is 20.8 Å². The van der Waals surface area contributed by atoms with Crippen LogP contribution in [0.1, 0.15) is 17.0 Å². The molecule has 4 nitrogen and oxygen atoms in total. The number of hydrogen-bond acceptors (Lipinski definition) is 3. The van der Waals surface area contributed by atoms with Gasteiger partial charge in [-0.1, -0.05) is 0 Å². The monoisotopic (exact) mass is 202 g/mol. The second-order valence-corrected chi connectivity index (χ2v) is 3.64. The maximum absolute atomic E-state index is 5.86. The van der Waals surface area contributed by atoms with Gasteiger partial charge >= 0.3 is 0 Å². The summed E-state index contributed by atoms with van der Waals surface area (Å²) in [5.74, 6) is 0. The van der Waals surface area contributed by atoms with Crippen molar-refractivity contribution in [3.8, 4) is 5.69 Å². The fourth-order valence-electron chi connectivity index (χ4n) is 1.55. The van der Waals surface area contributed by atoms with Crippen LogP contribution in [0.4, 0.5) is 5.69 Å². The molecule has 0 aliphatic rings. The Morgan fingerprint density at radius 2 is 2.00 bits per heavy atom. The summed E-state index contributed by atoms with van der Waals surface area (Å²) in [7, 11) is 0. The summed E-state index contributed by atoms with van der Waals surface area (Å²) in [5.41, 5.74) is 10.7. The molecule has 0 aliphatic heterocycles. The van der Waals surface area contributed by atoms with Crippen LogP contribution in [0.25, 0.3) is 5.69 Å². The minimum atomic E-state index is 0.642. The van der Waals surface area contributed by atoms with E-state index in [0.29, 0.717) is 5.69 Å². The van der Waals surface area contributed by atoms with Crippen molar-refractivity contribution in [2.45, 2.75) is 20.8 Å². The van der Waals surface area contributed by atoms with Crippen molar-refractivity contribution in [1.29, 1.82) is 0 Å². The number of anilines is 1. The number of aryl methyl sites for hydroxylation is 1. The van der Waals surface area contributed by atoms with Crippen molar-refractivity contribution in [3.63, 3.8) is 0 Å². The fourth-order valence-corrected chi connectivity index (χ4v) is 1.55. The molecule has 2 rings (SSSR count). The Morgan fingerprint density at radius 1 is 1.27 bits per heavy atom. The van der Waals surface area contributed by atoms with Gasteiger partial charge in [-0.15, -0.1) is 0 Å². The van der Waals surface area contributed by atoms with Crippen LogP contribution >= 0.6 is 0 Å². The standard InChI is InChI=1S/C11H14N4/c1-7-8(2)14-15(9(7)3)11-4-5-13-6-10(11)12/h4-6H,12H2,1-3H3. The zero-order valence-corrected chi connectivity index (χ0v) is 9.15. The minimum absolute atomic E-state index is 0.642. The summed E-state index contributed by atoms with van der Waals surface area (Å²) in [6.07, 6.45) is 3.36. The van der Waals surface area contributed by atoms with E-state index in [2.05, 4.69) is 17.0 Å². The molecular formula is C11H14N4. The molecule has 0 saturated heterocycles. The third kappa shape index (κ3) is 1.48. The first-order valence-corrected chi connectivity index (χ1v) is 4.84. The Hall–Kier alpha value is -1.84. The van der Waals surface area contributed by atoms with E-state index in [0.717, 1.165) is 17.1 Å². The molecule has 0 amide bonds. The molecule has 0 saturated carbocycles. The highest BCUT2D eigenvalue weighted by atomic mass is 15.3. The molecule has 2 N–H and O–H groups in total. The van der Waals surface area contributed by atoms with Crippen molar-refractivity contribution in [2.24, 2.45) is 0 Å². The van der Waals surface area contributed by atoms with E-state index in [1.807, 2.05) is 24.6 Å². The van der Waals surface area contributed by atoms with Crippen LogP contribution in [0.15, 0.2) is 18.5 Å². The van der Waals surface area contributed by atoms with Crippen molar-refractivity contribution >= 4 is 5.69 Å². The van der Waals surface area contributed by atoms with E-state index in [1.165, 1.54) is 5.56 Å². The average molecular weight is 202 g/mol. The zero-order chi connectivity index (χ0) is 11.0. The van der Waals surface area contributed by atoms with Gasteiger partial charge in [0.1, 0.15) is 0 Å². The average Bonchev–Trinajstić information content (AvgIpc) is 2.47. The third-order valence-corrected chi connectivity index (χ3v) is 2.71. The second kappa shape index (κ2) is 3.38. The first kappa shape index (κ1) is 9.71. The smallest absolute Gasteiger partial charge is 0.0909 e. The molecule has 0 aromatic carbocycles. The number of nitrogens with zero attached hydrogens (tertiary/aromatic N) is 3. The predicted octanol–water partition coefficient (Wildman–Crippen LogP) is 1.77. The van der Waals surface area contributed by atoms with Gasteiger partial charge in [0.2, 0.25) is 0 Å². The number of pyridine rings is 1. The maximum Gasteiger partial charge on any atom is 0.0909 e. The van der Waals surface area contributed by atoms with Gasteiger partial charge in [0.05, 0.1) is 23.3 Å². The van der Waals surface area contributed by atoms with Gasteiger partial charge in [-0.05, 0) is 32.4 Å². The number of rotatable bonds is 1. The van der Waals surface area contributed by atoms with Crippen LogP contribution in [-0.2, 0) is 0 Å². The van der Waals surface area contributed by atoms with Crippen molar-refractivity contribution in [1.82, 2.24) is 14.8 Å². The Morgan fingerprint density at radius 3 is 2.53 bits per heavy atom. The SMILES string of the molecule is Cc1nn(-c2ccncc2N)c(C)c1C. The molecule has 2 aromatic heterocycles. The molecular weight excluding hydrogens is 188 g/mol. The van der Waals surface area contributed by atoms with E-state index in [-0.39, 0.29) is 0 Å². The molecule has 0 spiro atoms. The number of nitrogen functional groups attached to an aromatic ring is 1. The Labute approximate surface area is 88.8 Å². The number of hydrogen-bond donors (Lipinski definition) is 1. The first-order valence-electron chi connectivity index (χ1n) is 4.84. The summed E-state index contributed by atoms with van der Waals surface area (Å²) in [6, 6.07) is 1.87. The van der Waals surface area contributed by atoms with Crippen molar-refractivity contribution < 1.29 is 0 Å². The molecule has 2 heterocycles. The molecule has 15 heavy (non-hydrogen) atoms. The molecule has 4 heteroatoms. The van der Waals surface area contributed by atoms with Gasteiger partial charge in [-0.25, -0.2) is 4.68 Å². The summed E-state index contributed by atoms with van der Waals surface area (Å²) >= 11 is 0. The summed E-state index contributed by atoms with van der Waals surface area (Å²) in [4.78, 5) is 3.96. The highest BCUT2D eigenvalue weighted by molar-refractivity contribution is 5.56. The highest BCUT2D eigenvalue weighted by Gasteiger charge is 2.10.